The number of rotatable bonds is 7. The molecule has 0 unspecified atom stereocenters. The van der Waals surface area contributed by atoms with Crippen molar-refractivity contribution in [1.82, 2.24) is 4.31 Å². The van der Waals surface area contributed by atoms with Crippen molar-refractivity contribution in [1.29, 1.82) is 0 Å². The van der Waals surface area contributed by atoms with Gasteiger partial charge < -0.3 is 9.47 Å². The van der Waals surface area contributed by atoms with Crippen molar-refractivity contribution in [3.8, 4) is 5.75 Å². The van der Waals surface area contributed by atoms with Gasteiger partial charge in [0, 0.05) is 18.7 Å². The second-order valence-corrected chi connectivity index (χ2v) is 8.55. The topological polar surface area (TPSA) is 72.9 Å². The van der Waals surface area contributed by atoms with Crippen LogP contribution in [0.5, 0.6) is 5.75 Å². The average Bonchev–Trinajstić information content (AvgIpc) is 2.65. The molecule has 0 spiro atoms. The van der Waals surface area contributed by atoms with Gasteiger partial charge in [0.1, 0.15) is 12.4 Å². The molecule has 0 aliphatic heterocycles. The molecular formula is C19H22ClNO5S. The molecule has 0 saturated carbocycles. The Hall–Kier alpha value is -2.09. The van der Waals surface area contributed by atoms with E-state index in [2.05, 4.69) is 0 Å². The highest BCUT2D eigenvalue weighted by molar-refractivity contribution is 7.89. The van der Waals surface area contributed by atoms with Crippen molar-refractivity contribution < 1.29 is 22.7 Å². The van der Waals surface area contributed by atoms with Gasteiger partial charge in [-0.3, -0.25) is 0 Å². The fraction of sp³-hybridized carbons (Fsp3) is 0.316. The summed E-state index contributed by atoms with van der Waals surface area (Å²) >= 11 is 6.09. The maximum atomic E-state index is 12.6. The molecule has 0 radical (unpaired) electrons. The Balaban J connectivity index is 2.26. The fourth-order valence-electron chi connectivity index (χ4n) is 2.31. The summed E-state index contributed by atoms with van der Waals surface area (Å²) in [7, 11) is -0.737. The SMILES string of the molecule is COc1ccccc1COC(=O)c1cc(S(=O)(=O)N(C)C(C)C)ccc1Cl. The van der Waals surface area contributed by atoms with Crippen LogP contribution in [-0.4, -0.2) is 38.9 Å². The van der Waals surface area contributed by atoms with Crippen molar-refractivity contribution in [2.24, 2.45) is 0 Å². The van der Waals surface area contributed by atoms with Gasteiger partial charge >= 0.3 is 5.97 Å². The van der Waals surface area contributed by atoms with Crippen LogP contribution < -0.4 is 4.74 Å². The summed E-state index contributed by atoms with van der Waals surface area (Å²) in [6, 6.07) is 10.9. The Morgan fingerprint density at radius 3 is 2.48 bits per heavy atom. The molecule has 6 nitrogen and oxygen atoms in total. The Morgan fingerprint density at radius 2 is 1.85 bits per heavy atom. The first kappa shape index (κ1) is 21.2. The maximum absolute atomic E-state index is 12.6. The summed E-state index contributed by atoms with van der Waals surface area (Å²) < 4.78 is 37.0. The predicted octanol–water partition coefficient (Wildman–Crippen LogP) is 3.73. The van der Waals surface area contributed by atoms with E-state index in [-0.39, 0.29) is 28.1 Å². The zero-order valence-electron chi connectivity index (χ0n) is 15.6. The summed E-state index contributed by atoms with van der Waals surface area (Å²) in [4.78, 5) is 12.4. The van der Waals surface area contributed by atoms with E-state index in [0.717, 1.165) is 0 Å². The number of benzene rings is 2. The Morgan fingerprint density at radius 1 is 1.19 bits per heavy atom. The molecule has 2 rings (SSSR count). The largest absolute Gasteiger partial charge is 0.496 e. The highest BCUT2D eigenvalue weighted by Crippen LogP contribution is 2.25. The van der Waals surface area contributed by atoms with Crippen LogP contribution in [0.3, 0.4) is 0 Å². The number of para-hydroxylation sites is 1. The van der Waals surface area contributed by atoms with E-state index in [0.29, 0.717) is 11.3 Å². The van der Waals surface area contributed by atoms with Crippen molar-refractivity contribution in [3.63, 3.8) is 0 Å². The van der Waals surface area contributed by atoms with Gasteiger partial charge in [-0.1, -0.05) is 29.8 Å². The van der Waals surface area contributed by atoms with E-state index in [4.69, 9.17) is 21.1 Å². The lowest BCUT2D eigenvalue weighted by Gasteiger charge is -2.21. The number of nitrogens with zero attached hydrogens (tertiary/aromatic N) is 1. The zero-order chi connectivity index (χ0) is 20.2. The van der Waals surface area contributed by atoms with Crippen LogP contribution in [0.4, 0.5) is 0 Å². The van der Waals surface area contributed by atoms with Crippen LogP contribution in [0.2, 0.25) is 5.02 Å². The van der Waals surface area contributed by atoms with Gasteiger partial charge in [-0.25, -0.2) is 13.2 Å². The number of methoxy groups -OCH3 is 1. The monoisotopic (exact) mass is 411 g/mol. The molecule has 0 amide bonds. The van der Waals surface area contributed by atoms with Gasteiger partial charge in [0.15, 0.2) is 0 Å². The Bertz CT molecular complexity index is 927. The predicted molar refractivity (Wildman–Crippen MR) is 104 cm³/mol. The molecule has 0 aromatic heterocycles. The minimum absolute atomic E-state index is 0.00945. The molecule has 0 aliphatic rings. The Kier molecular flexibility index (Phi) is 6.86. The van der Waals surface area contributed by atoms with E-state index >= 15 is 0 Å². The molecule has 8 heteroatoms. The lowest BCUT2D eigenvalue weighted by atomic mass is 10.2. The van der Waals surface area contributed by atoms with Crippen LogP contribution in [0, 0.1) is 0 Å². The zero-order valence-corrected chi connectivity index (χ0v) is 17.2. The van der Waals surface area contributed by atoms with Crippen LogP contribution in [0.15, 0.2) is 47.4 Å². The number of esters is 1. The third kappa shape index (κ3) is 4.80. The molecule has 0 bridgehead atoms. The highest BCUT2D eigenvalue weighted by Gasteiger charge is 2.25. The molecule has 146 valence electrons. The van der Waals surface area contributed by atoms with Gasteiger partial charge in [-0.05, 0) is 38.1 Å². The molecule has 0 N–H and O–H groups in total. The number of hydrogen-bond donors (Lipinski definition) is 0. The summed E-state index contributed by atoms with van der Waals surface area (Å²) in [5, 5.41) is 0.117. The first-order valence-corrected chi connectivity index (χ1v) is 10.1. The lowest BCUT2D eigenvalue weighted by molar-refractivity contribution is 0.0470. The van der Waals surface area contributed by atoms with Crippen molar-refractivity contribution in [3.05, 3.63) is 58.6 Å². The number of carbonyl (C=O) groups excluding carboxylic acids is 1. The van der Waals surface area contributed by atoms with E-state index in [1.54, 1.807) is 38.1 Å². The third-order valence-electron chi connectivity index (χ3n) is 4.11. The van der Waals surface area contributed by atoms with Gasteiger partial charge in [0.25, 0.3) is 0 Å². The highest BCUT2D eigenvalue weighted by atomic mass is 35.5. The minimum Gasteiger partial charge on any atom is -0.496 e. The van der Waals surface area contributed by atoms with E-state index in [1.807, 2.05) is 0 Å². The number of sulfonamides is 1. The smallest absolute Gasteiger partial charge is 0.340 e. The molecule has 0 saturated heterocycles. The Labute approximate surface area is 164 Å². The molecule has 0 fully saturated rings. The van der Waals surface area contributed by atoms with Crippen molar-refractivity contribution >= 4 is 27.6 Å². The lowest BCUT2D eigenvalue weighted by Crippen LogP contribution is -2.33. The quantitative estimate of drug-likeness (QED) is 0.649. The van der Waals surface area contributed by atoms with Crippen LogP contribution in [0.1, 0.15) is 29.8 Å². The molecular weight excluding hydrogens is 390 g/mol. The molecule has 27 heavy (non-hydrogen) atoms. The van der Waals surface area contributed by atoms with Gasteiger partial charge in [0.05, 0.1) is 22.6 Å². The second-order valence-electron chi connectivity index (χ2n) is 6.14. The van der Waals surface area contributed by atoms with Crippen LogP contribution in [-0.2, 0) is 21.4 Å². The fourth-order valence-corrected chi connectivity index (χ4v) is 3.90. The van der Waals surface area contributed by atoms with E-state index < -0.39 is 16.0 Å². The molecule has 0 atom stereocenters. The molecule has 0 aliphatic carbocycles. The normalized spacial score (nSPS) is 11.7. The number of ether oxygens (including phenoxy) is 2. The number of carbonyl (C=O) groups is 1. The average molecular weight is 412 g/mol. The van der Waals surface area contributed by atoms with Crippen molar-refractivity contribution in [2.75, 3.05) is 14.2 Å². The summed E-state index contributed by atoms with van der Waals surface area (Å²) in [6.45, 7) is 3.49. The van der Waals surface area contributed by atoms with Crippen LogP contribution >= 0.6 is 11.6 Å². The minimum atomic E-state index is -3.74. The first-order chi connectivity index (χ1) is 12.7. The van der Waals surface area contributed by atoms with Crippen LogP contribution in [0.25, 0.3) is 0 Å². The molecule has 0 heterocycles. The number of halogens is 1. The molecule has 2 aromatic carbocycles. The second kappa shape index (κ2) is 8.73. The standard InChI is InChI=1S/C19H22ClNO5S/c1-13(2)21(3)27(23,24)15-9-10-17(20)16(11-15)19(22)26-12-14-7-5-6-8-18(14)25-4/h5-11,13H,12H2,1-4H3. The van der Waals surface area contributed by atoms with E-state index in [1.165, 1.54) is 36.7 Å². The van der Waals surface area contributed by atoms with Gasteiger partial charge in [-0.15, -0.1) is 0 Å². The van der Waals surface area contributed by atoms with E-state index in [9.17, 15) is 13.2 Å². The van der Waals surface area contributed by atoms with Crippen molar-refractivity contribution in [2.45, 2.75) is 31.4 Å². The summed E-state index contributed by atoms with van der Waals surface area (Å²) in [5.74, 6) is -0.124. The maximum Gasteiger partial charge on any atom is 0.340 e. The summed E-state index contributed by atoms with van der Waals surface area (Å²) in [5.41, 5.74) is 0.678. The third-order valence-corrected chi connectivity index (χ3v) is 6.47. The number of hydrogen-bond acceptors (Lipinski definition) is 5. The first-order valence-electron chi connectivity index (χ1n) is 8.25. The molecule has 2 aromatic rings. The summed E-state index contributed by atoms with van der Waals surface area (Å²) in [6.07, 6.45) is 0. The van der Waals surface area contributed by atoms with Gasteiger partial charge in [-0.2, -0.15) is 4.31 Å². The van der Waals surface area contributed by atoms with Gasteiger partial charge in [0.2, 0.25) is 10.0 Å².